The summed E-state index contributed by atoms with van der Waals surface area (Å²) in [7, 11) is 1.71. The predicted octanol–water partition coefficient (Wildman–Crippen LogP) is 0.314. The fraction of sp³-hybridized carbons (Fsp3) is 0.353. The van der Waals surface area contributed by atoms with Gasteiger partial charge in [-0.05, 0) is 17.5 Å². The number of para-hydroxylation sites is 1. The Morgan fingerprint density at radius 3 is 2.83 bits per heavy atom. The van der Waals surface area contributed by atoms with Crippen LogP contribution in [0, 0.1) is 0 Å². The van der Waals surface area contributed by atoms with Crippen LogP contribution in [0.4, 0.5) is 0 Å². The van der Waals surface area contributed by atoms with Crippen molar-refractivity contribution in [2.75, 3.05) is 13.1 Å². The van der Waals surface area contributed by atoms with Gasteiger partial charge in [-0.2, -0.15) is 0 Å². The van der Waals surface area contributed by atoms with E-state index in [4.69, 9.17) is 5.11 Å². The quantitative estimate of drug-likeness (QED) is 0.842. The average Bonchev–Trinajstić information content (AvgIpc) is 2.55. The maximum absolute atomic E-state index is 12.6. The summed E-state index contributed by atoms with van der Waals surface area (Å²) in [4.78, 5) is 37.4. The van der Waals surface area contributed by atoms with Crippen LogP contribution < -0.4 is 10.9 Å². The third-order valence-electron chi connectivity index (χ3n) is 4.39. The summed E-state index contributed by atoms with van der Waals surface area (Å²) in [6.07, 6.45) is -0.278. The molecule has 0 spiro atoms. The van der Waals surface area contributed by atoms with Crippen molar-refractivity contribution in [1.82, 2.24) is 14.8 Å². The normalized spacial score (nSPS) is 18.5. The lowest BCUT2D eigenvalue weighted by molar-refractivity contribution is -0.143. The van der Waals surface area contributed by atoms with E-state index in [0.717, 1.165) is 10.9 Å². The van der Waals surface area contributed by atoms with E-state index in [1.807, 2.05) is 30.3 Å². The summed E-state index contributed by atoms with van der Waals surface area (Å²) >= 11 is 0. The third kappa shape index (κ3) is 3.03. The second-order valence-corrected chi connectivity index (χ2v) is 5.97. The number of hydrogen-bond donors (Lipinski definition) is 2. The summed E-state index contributed by atoms with van der Waals surface area (Å²) in [5.74, 6) is -1.34. The molecule has 1 aliphatic rings. The number of carboxylic acid groups (broad SMARTS) is 1. The highest BCUT2D eigenvalue weighted by Crippen LogP contribution is 2.16. The molecule has 2 heterocycles. The van der Waals surface area contributed by atoms with Crippen molar-refractivity contribution in [2.24, 2.45) is 7.05 Å². The fourth-order valence-corrected chi connectivity index (χ4v) is 3.16. The first-order valence-electron chi connectivity index (χ1n) is 7.78. The van der Waals surface area contributed by atoms with Gasteiger partial charge in [-0.3, -0.25) is 19.3 Å². The molecule has 7 heteroatoms. The molecule has 1 saturated heterocycles. The highest BCUT2D eigenvalue weighted by Gasteiger charge is 2.32. The molecule has 1 aromatic heterocycles. The Labute approximate surface area is 138 Å². The van der Waals surface area contributed by atoms with Crippen molar-refractivity contribution in [1.29, 1.82) is 0 Å². The Kier molecular flexibility index (Phi) is 4.35. The minimum Gasteiger partial charge on any atom is -0.481 e. The molecule has 3 rings (SSSR count). The second kappa shape index (κ2) is 6.45. The molecule has 126 valence electrons. The minimum absolute atomic E-state index is 0.131. The number of fused-ring (bicyclic) bond motifs is 1. The number of aryl methyl sites for hydroxylation is 1. The molecule has 1 amide bonds. The van der Waals surface area contributed by atoms with Gasteiger partial charge in [0.15, 0.2) is 0 Å². The number of benzene rings is 1. The minimum atomic E-state index is -1.03. The molecule has 0 unspecified atom stereocenters. The van der Waals surface area contributed by atoms with E-state index >= 15 is 0 Å². The number of carboxylic acids is 1. The maximum Gasteiger partial charge on any atom is 0.305 e. The molecule has 0 aliphatic carbocycles. The van der Waals surface area contributed by atoms with Crippen LogP contribution in [0.3, 0.4) is 0 Å². The zero-order valence-electron chi connectivity index (χ0n) is 13.4. The van der Waals surface area contributed by atoms with Gasteiger partial charge in [-0.15, -0.1) is 0 Å². The van der Waals surface area contributed by atoms with Crippen LogP contribution in [0.2, 0.25) is 0 Å². The number of rotatable bonds is 4. The monoisotopic (exact) mass is 329 g/mol. The molecular formula is C17H19N3O4. The van der Waals surface area contributed by atoms with Crippen LogP contribution in [-0.4, -0.2) is 45.6 Å². The molecule has 7 nitrogen and oxygen atoms in total. The molecule has 1 aliphatic heterocycles. The smallest absolute Gasteiger partial charge is 0.305 e. The van der Waals surface area contributed by atoms with Crippen molar-refractivity contribution in [3.63, 3.8) is 0 Å². The molecule has 0 radical (unpaired) electrons. The van der Waals surface area contributed by atoms with Crippen molar-refractivity contribution >= 4 is 22.8 Å². The van der Waals surface area contributed by atoms with Gasteiger partial charge in [0.25, 0.3) is 5.56 Å². The SMILES string of the molecule is Cn1c(=O)c(CN2CCNC(=O)[C@@H]2CC(=O)O)cc2ccccc21. The van der Waals surface area contributed by atoms with Gasteiger partial charge in [-0.1, -0.05) is 18.2 Å². The Balaban J connectivity index is 1.96. The topological polar surface area (TPSA) is 91.6 Å². The largest absolute Gasteiger partial charge is 0.481 e. The standard InChI is InChI=1S/C17H19N3O4/c1-19-13-5-3-2-4-11(13)8-12(17(19)24)10-20-7-6-18-16(23)14(20)9-15(21)22/h2-5,8,14H,6-7,9-10H2,1H3,(H,18,23)(H,21,22)/t14-/m0/s1. The number of piperazine rings is 1. The van der Waals surface area contributed by atoms with E-state index < -0.39 is 12.0 Å². The van der Waals surface area contributed by atoms with Gasteiger partial charge in [0.05, 0.1) is 11.9 Å². The highest BCUT2D eigenvalue weighted by atomic mass is 16.4. The molecule has 1 aromatic carbocycles. The molecule has 2 aromatic rings. The molecule has 0 bridgehead atoms. The predicted molar refractivity (Wildman–Crippen MR) is 88.6 cm³/mol. The number of carbonyl (C=O) groups excluding carboxylic acids is 1. The van der Waals surface area contributed by atoms with E-state index in [1.165, 1.54) is 0 Å². The fourth-order valence-electron chi connectivity index (χ4n) is 3.16. The van der Waals surface area contributed by atoms with E-state index in [0.29, 0.717) is 18.7 Å². The van der Waals surface area contributed by atoms with Crippen molar-refractivity contribution in [2.45, 2.75) is 19.0 Å². The first kappa shape index (κ1) is 16.2. The van der Waals surface area contributed by atoms with Crippen LogP contribution in [0.15, 0.2) is 35.1 Å². The first-order chi connectivity index (χ1) is 11.5. The number of aliphatic carboxylic acids is 1. The average molecular weight is 329 g/mol. The number of amides is 1. The number of carbonyl (C=O) groups is 2. The van der Waals surface area contributed by atoms with Gasteiger partial charge >= 0.3 is 5.97 Å². The molecule has 24 heavy (non-hydrogen) atoms. The molecular weight excluding hydrogens is 310 g/mol. The van der Waals surface area contributed by atoms with Crippen LogP contribution in [-0.2, 0) is 23.2 Å². The molecule has 2 N–H and O–H groups in total. The van der Waals surface area contributed by atoms with E-state index in [9.17, 15) is 14.4 Å². The van der Waals surface area contributed by atoms with Crippen molar-refractivity contribution in [3.05, 3.63) is 46.2 Å². The Hall–Kier alpha value is -2.67. The second-order valence-electron chi connectivity index (χ2n) is 5.97. The number of hydrogen-bond acceptors (Lipinski definition) is 4. The number of aromatic nitrogens is 1. The lowest BCUT2D eigenvalue weighted by Crippen LogP contribution is -2.55. The van der Waals surface area contributed by atoms with E-state index in [-0.39, 0.29) is 24.4 Å². The maximum atomic E-state index is 12.6. The van der Waals surface area contributed by atoms with E-state index in [1.54, 1.807) is 16.5 Å². The Morgan fingerprint density at radius 1 is 1.33 bits per heavy atom. The van der Waals surface area contributed by atoms with Crippen molar-refractivity contribution < 1.29 is 14.7 Å². The lowest BCUT2D eigenvalue weighted by Gasteiger charge is -2.34. The molecule has 0 saturated carbocycles. The summed E-state index contributed by atoms with van der Waals surface area (Å²) in [6.45, 7) is 1.21. The first-order valence-corrected chi connectivity index (χ1v) is 7.78. The zero-order chi connectivity index (χ0) is 17.3. The summed E-state index contributed by atoms with van der Waals surface area (Å²) < 4.78 is 1.58. The molecule has 1 fully saturated rings. The van der Waals surface area contributed by atoms with Crippen molar-refractivity contribution in [3.8, 4) is 0 Å². The Morgan fingerprint density at radius 2 is 2.08 bits per heavy atom. The van der Waals surface area contributed by atoms with Gasteiger partial charge in [0.1, 0.15) is 6.04 Å². The Bertz CT molecular complexity index is 859. The number of nitrogens with zero attached hydrogens (tertiary/aromatic N) is 2. The number of nitrogens with one attached hydrogen (secondary N) is 1. The zero-order valence-corrected chi connectivity index (χ0v) is 13.4. The lowest BCUT2D eigenvalue weighted by atomic mass is 10.1. The summed E-state index contributed by atoms with van der Waals surface area (Å²) in [5, 5.41) is 12.7. The van der Waals surface area contributed by atoms with Crippen LogP contribution >= 0.6 is 0 Å². The van der Waals surface area contributed by atoms with Gasteiger partial charge in [-0.25, -0.2) is 0 Å². The van der Waals surface area contributed by atoms with Gasteiger partial charge < -0.3 is 15.0 Å². The van der Waals surface area contributed by atoms with Crippen LogP contribution in [0.25, 0.3) is 10.9 Å². The summed E-state index contributed by atoms with van der Waals surface area (Å²) in [5.41, 5.74) is 1.26. The van der Waals surface area contributed by atoms with Crippen LogP contribution in [0.1, 0.15) is 12.0 Å². The third-order valence-corrected chi connectivity index (χ3v) is 4.39. The highest BCUT2D eigenvalue weighted by molar-refractivity contribution is 5.86. The van der Waals surface area contributed by atoms with E-state index in [2.05, 4.69) is 5.32 Å². The molecule has 1 atom stereocenters. The van der Waals surface area contributed by atoms with Crippen LogP contribution in [0.5, 0.6) is 0 Å². The summed E-state index contributed by atoms with van der Waals surface area (Å²) in [6, 6.07) is 8.64. The van der Waals surface area contributed by atoms with Gasteiger partial charge in [0, 0.05) is 32.2 Å². The van der Waals surface area contributed by atoms with Gasteiger partial charge in [0.2, 0.25) is 5.91 Å². The number of pyridine rings is 1.